The maximum Gasteiger partial charge on any atom is 0.344 e. The first-order chi connectivity index (χ1) is 6.88. The molecule has 0 heterocycles. The molecule has 0 fully saturated rings. The molecular formula is C8H13NO6. The number of hydrogen-bond donors (Lipinski definition) is 3. The summed E-state index contributed by atoms with van der Waals surface area (Å²) in [6.07, 6.45) is -0.145. The van der Waals surface area contributed by atoms with Crippen LogP contribution in [0.1, 0.15) is 20.3 Å². The minimum absolute atomic E-state index is 0.145. The molecule has 0 aromatic carbocycles. The van der Waals surface area contributed by atoms with Gasteiger partial charge in [0.1, 0.15) is 6.04 Å². The fraction of sp³-hybridized carbons (Fsp3) is 0.625. The quantitative estimate of drug-likeness (QED) is 0.429. The van der Waals surface area contributed by atoms with Gasteiger partial charge in [-0.3, -0.25) is 4.79 Å². The zero-order valence-corrected chi connectivity index (χ0v) is 8.39. The third kappa shape index (κ3) is 4.96. The second-order valence-corrected chi connectivity index (χ2v) is 3.14. The predicted molar refractivity (Wildman–Crippen MR) is 47.7 cm³/mol. The van der Waals surface area contributed by atoms with Gasteiger partial charge < -0.3 is 15.3 Å². The molecule has 2 atom stereocenters. The Bertz CT molecular complexity index is 264. The minimum atomic E-state index is -1.25. The molecule has 0 aromatic heterocycles. The standard InChI is InChI=1S/C8H13NO6/c1-4(8(13)15-14)3-6(7(11)12)9-5(2)10/h4,6,14H,3H2,1-2H3,(H,9,10)(H,11,12)/t4-,6?/m1/s1. The summed E-state index contributed by atoms with van der Waals surface area (Å²) in [6.45, 7) is 2.56. The minimum Gasteiger partial charge on any atom is -0.480 e. The first-order valence-electron chi connectivity index (χ1n) is 4.23. The van der Waals surface area contributed by atoms with Crippen molar-refractivity contribution in [3.05, 3.63) is 0 Å². The average Bonchev–Trinajstić information content (AvgIpc) is 2.14. The Morgan fingerprint density at radius 2 is 1.93 bits per heavy atom. The van der Waals surface area contributed by atoms with Crippen LogP contribution in [0.4, 0.5) is 0 Å². The van der Waals surface area contributed by atoms with E-state index in [4.69, 9.17) is 10.4 Å². The molecule has 15 heavy (non-hydrogen) atoms. The normalized spacial score (nSPS) is 13.8. The van der Waals surface area contributed by atoms with Crippen molar-refractivity contribution in [2.75, 3.05) is 0 Å². The van der Waals surface area contributed by atoms with E-state index in [0.29, 0.717) is 0 Å². The van der Waals surface area contributed by atoms with Gasteiger partial charge in [0.25, 0.3) is 0 Å². The summed E-state index contributed by atoms with van der Waals surface area (Å²) >= 11 is 0. The number of aliphatic carboxylic acids is 1. The molecule has 7 nitrogen and oxygen atoms in total. The fourth-order valence-corrected chi connectivity index (χ4v) is 1.01. The van der Waals surface area contributed by atoms with Crippen LogP contribution in [0.25, 0.3) is 0 Å². The van der Waals surface area contributed by atoms with E-state index in [1.54, 1.807) is 0 Å². The molecule has 0 aliphatic rings. The fourth-order valence-electron chi connectivity index (χ4n) is 1.01. The zero-order chi connectivity index (χ0) is 12.0. The Kier molecular flexibility index (Phi) is 5.32. The van der Waals surface area contributed by atoms with Crippen LogP contribution < -0.4 is 5.32 Å². The van der Waals surface area contributed by atoms with Gasteiger partial charge in [-0.25, -0.2) is 9.59 Å². The van der Waals surface area contributed by atoms with Crippen molar-refractivity contribution < 1.29 is 29.6 Å². The highest BCUT2D eigenvalue weighted by Gasteiger charge is 2.25. The highest BCUT2D eigenvalue weighted by Crippen LogP contribution is 2.08. The summed E-state index contributed by atoms with van der Waals surface area (Å²) in [5.74, 6) is -3.51. The zero-order valence-electron chi connectivity index (χ0n) is 8.39. The number of amides is 1. The summed E-state index contributed by atoms with van der Waals surface area (Å²) in [7, 11) is 0. The largest absolute Gasteiger partial charge is 0.480 e. The average molecular weight is 219 g/mol. The maximum atomic E-state index is 10.8. The van der Waals surface area contributed by atoms with Crippen molar-refractivity contribution >= 4 is 17.8 Å². The van der Waals surface area contributed by atoms with E-state index in [1.807, 2.05) is 0 Å². The smallest absolute Gasteiger partial charge is 0.344 e. The summed E-state index contributed by atoms with van der Waals surface area (Å²) in [5, 5.41) is 18.9. The van der Waals surface area contributed by atoms with Gasteiger partial charge in [-0.15, -0.1) is 0 Å². The maximum absolute atomic E-state index is 10.8. The molecule has 1 unspecified atom stereocenters. The number of carboxylic acids is 1. The third-order valence-electron chi connectivity index (χ3n) is 1.76. The van der Waals surface area contributed by atoms with Gasteiger partial charge in [-0.2, -0.15) is 5.26 Å². The van der Waals surface area contributed by atoms with Crippen LogP contribution in [0, 0.1) is 5.92 Å². The summed E-state index contributed by atoms with van der Waals surface area (Å²) in [6, 6.07) is -1.17. The topological polar surface area (TPSA) is 113 Å². The van der Waals surface area contributed by atoms with Crippen molar-refractivity contribution in [3.63, 3.8) is 0 Å². The predicted octanol–water partition coefficient (Wildman–Crippen LogP) is -0.382. The van der Waals surface area contributed by atoms with Gasteiger partial charge in [0.2, 0.25) is 5.91 Å². The van der Waals surface area contributed by atoms with Crippen molar-refractivity contribution in [2.45, 2.75) is 26.3 Å². The van der Waals surface area contributed by atoms with E-state index in [1.165, 1.54) is 13.8 Å². The van der Waals surface area contributed by atoms with E-state index in [2.05, 4.69) is 10.2 Å². The van der Waals surface area contributed by atoms with Gasteiger partial charge in [0, 0.05) is 6.92 Å². The van der Waals surface area contributed by atoms with E-state index in [9.17, 15) is 14.4 Å². The molecule has 0 bridgehead atoms. The lowest BCUT2D eigenvalue weighted by Gasteiger charge is -2.15. The van der Waals surface area contributed by atoms with Gasteiger partial charge in [-0.1, -0.05) is 6.92 Å². The first-order valence-corrected chi connectivity index (χ1v) is 4.23. The van der Waals surface area contributed by atoms with Crippen molar-refractivity contribution in [1.82, 2.24) is 5.32 Å². The van der Waals surface area contributed by atoms with E-state index >= 15 is 0 Å². The molecule has 0 aliphatic carbocycles. The second-order valence-electron chi connectivity index (χ2n) is 3.14. The number of carbonyl (C=O) groups excluding carboxylic acids is 2. The molecule has 0 saturated carbocycles. The lowest BCUT2D eigenvalue weighted by Crippen LogP contribution is -2.41. The molecule has 86 valence electrons. The lowest BCUT2D eigenvalue weighted by molar-refractivity contribution is -0.238. The summed E-state index contributed by atoms with van der Waals surface area (Å²) < 4.78 is 0. The molecule has 0 aromatic rings. The number of carboxylic acid groups (broad SMARTS) is 1. The SMILES string of the molecule is CC(=O)NC(C[C@@H](C)C(=O)OO)C(=O)O. The van der Waals surface area contributed by atoms with E-state index in [-0.39, 0.29) is 6.42 Å². The number of carbonyl (C=O) groups is 3. The highest BCUT2D eigenvalue weighted by atomic mass is 17.1. The van der Waals surface area contributed by atoms with Crippen LogP contribution in [-0.2, 0) is 19.3 Å². The number of hydrogen-bond acceptors (Lipinski definition) is 5. The Morgan fingerprint density at radius 1 is 1.40 bits per heavy atom. The summed E-state index contributed by atoms with van der Waals surface area (Å²) in [5.41, 5.74) is 0. The van der Waals surface area contributed by atoms with Crippen LogP contribution in [0.5, 0.6) is 0 Å². The van der Waals surface area contributed by atoms with Gasteiger partial charge in [0.05, 0.1) is 5.92 Å². The molecule has 0 saturated heterocycles. The molecule has 0 aliphatic heterocycles. The second kappa shape index (κ2) is 5.97. The molecule has 0 radical (unpaired) electrons. The molecule has 1 amide bonds. The Hall–Kier alpha value is -1.63. The lowest BCUT2D eigenvalue weighted by atomic mass is 10.0. The monoisotopic (exact) mass is 219 g/mol. The van der Waals surface area contributed by atoms with Gasteiger partial charge in [0.15, 0.2) is 0 Å². The molecular weight excluding hydrogens is 206 g/mol. The van der Waals surface area contributed by atoms with Crippen LogP contribution >= 0.6 is 0 Å². The van der Waals surface area contributed by atoms with Crippen molar-refractivity contribution in [1.29, 1.82) is 0 Å². The molecule has 3 N–H and O–H groups in total. The highest BCUT2D eigenvalue weighted by molar-refractivity contribution is 5.82. The Balaban J connectivity index is 4.34. The van der Waals surface area contributed by atoms with Crippen molar-refractivity contribution in [2.24, 2.45) is 5.92 Å². The van der Waals surface area contributed by atoms with Gasteiger partial charge in [-0.05, 0) is 6.42 Å². The molecule has 0 spiro atoms. The number of rotatable bonds is 5. The Morgan fingerprint density at radius 3 is 2.27 bits per heavy atom. The van der Waals surface area contributed by atoms with E-state index in [0.717, 1.165) is 0 Å². The van der Waals surface area contributed by atoms with Crippen LogP contribution in [0.15, 0.2) is 0 Å². The van der Waals surface area contributed by atoms with Crippen LogP contribution in [0.2, 0.25) is 0 Å². The Labute approximate surface area is 86.0 Å². The molecule has 7 heteroatoms. The van der Waals surface area contributed by atoms with Crippen molar-refractivity contribution in [3.8, 4) is 0 Å². The van der Waals surface area contributed by atoms with E-state index < -0.39 is 29.8 Å². The summed E-state index contributed by atoms with van der Waals surface area (Å²) in [4.78, 5) is 35.5. The van der Waals surface area contributed by atoms with Crippen LogP contribution in [0.3, 0.4) is 0 Å². The number of nitrogens with one attached hydrogen (secondary N) is 1. The van der Waals surface area contributed by atoms with Gasteiger partial charge >= 0.3 is 11.9 Å². The third-order valence-corrected chi connectivity index (χ3v) is 1.76. The van der Waals surface area contributed by atoms with Crippen LogP contribution in [-0.4, -0.2) is 34.3 Å². The molecule has 0 rings (SSSR count). The first kappa shape index (κ1) is 13.4.